The number of hydrogen-bond acceptors (Lipinski definition) is 4. The van der Waals surface area contributed by atoms with Gasteiger partial charge in [-0.15, -0.1) is 0 Å². The first-order valence-electron chi connectivity index (χ1n) is 6.52. The predicted molar refractivity (Wildman–Crippen MR) is 69.9 cm³/mol. The van der Waals surface area contributed by atoms with Crippen molar-refractivity contribution in [3.8, 4) is 0 Å². The van der Waals surface area contributed by atoms with E-state index in [1.165, 1.54) is 6.33 Å². The van der Waals surface area contributed by atoms with Crippen LogP contribution in [0.25, 0.3) is 0 Å². The Morgan fingerprint density at radius 2 is 2.11 bits per heavy atom. The molecule has 0 radical (unpaired) electrons. The highest BCUT2D eigenvalue weighted by Crippen LogP contribution is 1.98. The quantitative estimate of drug-likeness (QED) is 0.775. The minimum atomic E-state index is -0.202. The van der Waals surface area contributed by atoms with Crippen LogP contribution in [0.3, 0.4) is 0 Å². The van der Waals surface area contributed by atoms with Gasteiger partial charge in [-0.25, -0.2) is 9.67 Å². The van der Waals surface area contributed by atoms with Gasteiger partial charge in [0.1, 0.15) is 12.2 Å². The molecule has 1 heterocycles. The van der Waals surface area contributed by atoms with Crippen LogP contribution in [0.5, 0.6) is 0 Å². The van der Waals surface area contributed by atoms with E-state index in [1.54, 1.807) is 0 Å². The Bertz CT molecular complexity index is 372. The van der Waals surface area contributed by atoms with E-state index >= 15 is 0 Å². The Kier molecular flexibility index (Phi) is 5.77. The first-order chi connectivity index (χ1) is 8.63. The monoisotopic (exact) mass is 253 g/mol. The van der Waals surface area contributed by atoms with Gasteiger partial charge in [-0.1, -0.05) is 0 Å². The third kappa shape index (κ3) is 3.53. The lowest BCUT2D eigenvalue weighted by molar-refractivity contribution is -0.132. The van der Waals surface area contributed by atoms with Crippen molar-refractivity contribution in [2.75, 3.05) is 13.1 Å². The summed E-state index contributed by atoms with van der Waals surface area (Å²) in [5, 5.41) is 7.29. The molecule has 0 bridgehead atoms. The summed E-state index contributed by atoms with van der Waals surface area (Å²) in [4.78, 5) is 18.0. The molecule has 6 nitrogen and oxygen atoms in total. The molecule has 0 fully saturated rings. The summed E-state index contributed by atoms with van der Waals surface area (Å²) < 4.78 is 1.82. The first kappa shape index (κ1) is 14.6. The smallest absolute Gasteiger partial charge is 0.239 e. The number of aryl methyl sites for hydroxylation is 1. The predicted octanol–water partition coefficient (Wildman–Crippen LogP) is 0.644. The Labute approximate surface area is 108 Å². The van der Waals surface area contributed by atoms with Crippen LogP contribution in [0.4, 0.5) is 0 Å². The molecule has 0 saturated heterocycles. The average molecular weight is 253 g/mol. The number of amides is 1. The molecule has 1 atom stereocenters. The third-order valence-corrected chi connectivity index (χ3v) is 3.01. The van der Waals surface area contributed by atoms with E-state index in [0.29, 0.717) is 6.54 Å². The van der Waals surface area contributed by atoms with Crippen LogP contribution >= 0.6 is 0 Å². The second kappa shape index (κ2) is 7.10. The van der Waals surface area contributed by atoms with Crippen LogP contribution in [0, 0.1) is 0 Å². The van der Waals surface area contributed by atoms with Crippen LogP contribution < -0.4 is 5.32 Å². The molecule has 18 heavy (non-hydrogen) atoms. The van der Waals surface area contributed by atoms with Crippen molar-refractivity contribution in [2.45, 2.75) is 46.8 Å². The number of carbonyl (C=O) groups excluding carboxylic acids is 1. The van der Waals surface area contributed by atoms with Crippen LogP contribution in [-0.4, -0.2) is 44.7 Å². The summed E-state index contributed by atoms with van der Waals surface area (Å²) in [6, 6.07) is -0.202. The number of rotatable bonds is 7. The van der Waals surface area contributed by atoms with E-state index in [0.717, 1.165) is 25.5 Å². The largest absolute Gasteiger partial charge is 0.342 e. The Balaban J connectivity index is 2.50. The van der Waals surface area contributed by atoms with E-state index < -0.39 is 0 Å². The maximum Gasteiger partial charge on any atom is 0.239 e. The lowest BCUT2D eigenvalue weighted by Gasteiger charge is -2.23. The number of carbonyl (C=O) groups is 1. The number of nitrogens with one attached hydrogen (secondary N) is 1. The van der Waals surface area contributed by atoms with Gasteiger partial charge in [0.05, 0.1) is 12.6 Å². The van der Waals surface area contributed by atoms with E-state index in [2.05, 4.69) is 15.4 Å². The van der Waals surface area contributed by atoms with Gasteiger partial charge >= 0.3 is 0 Å². The number of nitrogens with zero attached hydrogens (tertiary/aromatic N) is 4. The van der Waals surface area contributed by atoms with Gasteiger partial charge in [0.25, 0.3) is 0 Å². The van der Waals surface area contributed by atoms with Crippen LogP contribution in [0.15, 0.2) is 6.33 Å². The molecular weight excluding hydrogens is 230 g/mol. The molecular formula is C12H23N5O. The van der Waals surface area contributed by atoms with Crippen LogP contribution in [0.2, 0.25) is 0 Å². The van der Waals surface area contributed by atoms with E-state index in [9.17, 15) is 4.79 Å². The Morgan fingerprint density at radius 3 is 2.67 bits per heavy atom. The van der Waals surface area contributed by atoms with Crippen molar-refractivity contribution < 1.29 is 4.79 Å². The van der Waals surface area contributed by atoms with Gasteiger partial charge in [-0.3, -0.25) is 10.1 Å². The maximum absolute atomic E-state index is 12.0. The van der Waals surface area contributed by atoms with Crippen LogP contribution in [-0.2, 0) is 17.9 Å². The molecule has 0 saturated carbocycles. The van der Waals surface area contributed by atoms with Crippen molar-refractivity contribution in [2.24, 2.45) is 0 Å². The molecule has 1 unspecified atom stereocenters. The first-order valence-corrected chi connectivity index (χ1v) is 6.52. The van der Waals surface area contributed by atoms with Gasteiger partial charge in [-0.05, 0) is 27.7 Å². The Morgan fingerprint density at radius 1 is 1.44 bits per heavy atom. The summed E-state index contributed by atoms with van der Waals surface area (Å²) in [6.45, 7) is 10.7. The lowest BCUT2D eigenvalue weighted by Crippen LogP contribution is -2.44. The van der Waals surface area contributed by atoms with E-state index in [1.807, 2.05) is 37.3 Å². The highest BCUT2D eigenvalue weighted by Gasteiger charge is 2.18. The highest BCUT2D eigenvalue weighted by atomic mass is 16.2. The summed E-state index contributed by atoms with van der Waals surface area (Å²) >= 11 is 0. The lowest BCUT2D eigenvalue weighted by atomic mass is 10.2. The molecule has 1 aromatic heterocycles. The number of aromatic nitrogens is 3. The van der Waals surface area contributed by atoms with Crippen molar-refractivity contribution in [1.29, 1.82) is 0 Å². The second-order valence-electron chi connectivity index (χ2n) is 4.11. The molecule has 6 heteroatoms. The normalized spacial score (nSPS) is 12.4. The van der Waals surface area contributed by atoms with Crippen molar-refractivity contribution in [3.63, 3.8) is 0 Å². The van der Waals surface area contributed by atoms with Gasteiger partial charge in [0.15, 0.2) is 0 Å². The molecule has 0 aliphatic carbocycles. The summed E-state index contributed by atoms with van der Waals surface area (Å²) in [5.41, 5.74) is 0. The van der Waals surface area contributed by atoms with E-state index in [4.69, 9.17) is 0 Å². The maximum atomic E-state index is 12.0. The molecule has 1 N–H and O–H groups in total. The number of hydrogen-bond donors (Lipinski definition) is 1. The van der Waals surface area contributed by atoms with Gasteiger partial charge < -0.3 is 4.90 Å². The molecule has 1 aromatic rings. The molecule has 0 aromatic carbocycles. The fourth-order valence-electron chi connectivity index (χ4n) is 1.83. The summed E-state index contributed by atoms with van der Waals surface area (Å²) in [7, 11) is 0. The van der Waals surface area contributed by atoms with Crippen LogP contribution in [0.1, 0.15) is 33.5 Å². The zero-order valence-electron chi connectivity index (χ0n) is 11.7. The molecule has 0 aliphatic rings. The van der Waals surface area contributed by atoms with Crippen molar-refractivity contribution >= 4 is 5.91 Å². The molecule has 1 amide bonds. The van der Waals surface area contributed by atoms with Crippen molar-refractivity contribution in [3.05, 3.63) is 12.2 Å². The van der Waals surface area contributed by atoms with E-state index in [-0.39, 0.29) is 11.9 Å². The fourth-order valence-corrected chi connectivity index (χ4v) is 1.83. The number of likely N-dealkylation sites (N-methyl/N-ethyl adjacent to an activating group) is 1. The zero-order valence-corrected chi connectivity index (χ0v) is 11.7. The minimum Gasteiger partial charge on any atom is -0.342 e. The summed E-state index contributed by atoms with van der Waals surface area (Å²) in [5.74, 6) is 0.985. The second-order valence-corrected chi connectivity index (χ2v) is 4.11. The SMILES string of the molecule is CCN(CC)C(=O)C(C)NCc1ncnn1CC. The molecule has 102 valence electrons. The van der Waals surface area contributed by atoms with Gasteiger partial charge in [0, 0.05) is 19.6 Å². The third-order valence-electron chi connectivity index (χ3n) is 3.01. The standard InChI is InChI=1S/C12H23N5O/c1-5-16(6-2)12(18)10(4)13-8-11-14-9-15-17(11)7-3/h9-10,13H,5-8H2,1-4H3. The topological polar surface area (TPSA) is 63.1 Å². The zero-order chi connectivity index (χ0) is 13.5. The molecule has 0 aliphatic heterocycles. The van der Waals surface area contributed by atoms with Gasteiger partial charge in [-0.2, -0.15) is 5.10 Å². The fraction of sp³-hybridized carbons (Fsp3) is 0.750. The molecule has 0 spiro atoms. The molecule has 1 rings (SSSR count). The summed E-state index contributed by atoms with van der Waals surface area (Å²) in [6.07, 6.45) is 1.54. The van der Waals surface area contributed by atoms with Crippen molar-refractivity contribution in [1.82, 2.24) is 25.0 Å². The minimum absolute atomic E-state index is 0.127. The van der Waals surface area contributed by atoms with Gasteiger partial charge in [0.2, 0.25) is 5.91 Å². The highest BCUT2D eigenvalue weighted by molar-refractivity contribution is 5.81. The average Bonchev–Trinajstić information content (AvgIpc) is 2.84. The Hall–Kier alpha value is -1.43.